The minimum absolute atomic E-state index is 0.162. The summed E-state index contributed by atoms with van der Waals surface area (Å²) in [6.07, 6.45) is 1.80. The van der Waals surface area contributed by atoms with E-state index in [1.54, 1.807) is 61.5 Å². The second kappa shape index (κ2) is 8.20. The molecule has 5 nitrogen and oxygen atoms in total. The van der Waals surface area contributed by atoms with Crippen LogP contribution in [-0.2, 0) is 19.6 Å². The lowest BCUT2D eigenvalue weighted by Crippen LogP contribution is -2.15. The Morgan fingerprint density at radius 2 is 1.82 bits per heavy atom. The fraction of sp³-hybridized carbons (Fsp3) is 0.190. The summed E-state index contributed by atoms with van der Waals surface area (Å²) in [7, 11) is -3.89. The van der Waals surface area contributed by atoms with Crippen molar-refractivity contribution >= 4 is 44.1 Å². The Bertz CT molecular complexity index is 1150. The number of carbonyl (C=O) groups excluding carboxylic acids is 1. The lowest BCUT2D eigenvalue weighted by molar-refractivity contribution is -0.137. The van der Waals surface area contributed by atoms with E-state index < -0.39 is 16.0 Å². The summed E-state index contributed by atoms with van der Waals surface area (Å²) in [4.78, 5) is 12.2. The molecule has 146 valence electrons. The van der Waals surface area contributed by atoms with Crippen molar-refractivity contribution in [2.24, 2.45) is 0 Å². The molecule has 0 spiro atoms. The summed E-state index contributed by atoms with van der Waals surface area (Å²) < 4.78 is 33.1. The normalized spacial score (nSPS) is 12.3. The molecule has 0 aliphatic carbocycles. The summed E-state index contributed by atoms with van der Waals surface area (Å²) in [6, 6.07) is 14.9. The molecule has 28 heavy (non-hydrogen) atoms. The Kier molecular flexibility index (Phi) is 5.91. The molecule has 0 unspecified atom stereocenters. The van der Waals surface area contributed by atoms with Gasteiger partial charge in [0.1, 0.15) is 0 Å². The van der Waals surface area contributed by atoms with Crippen LogP contribution in [0, 0.1) is 0 Å². The van der Waals surface area contributed by atoms with Crippen LogP contribution in [0.2, 0.25) is 5.02 Å². The molecule has 7 heteroatoms. The third-order valence-electron chi connectivity index (χ3n) is 4.29. The first-order valence-corrected chi connectivity index (χ1v) is 10.7. The number of aromatic nitrogens is 1. The van der Waals surface area contributed by atoms with E-state index >= 15 is 0 Å². The predicted molar refractivity (Wildman–Crippen MR) is 111 cm³/mol. The number of hydrogen-bond donors (Lipinski definition) is 0. The molecule has 3 rings (SSSR count). The summed E-state index contributed by atoms with van der Waals surface area (Å²) in [6.45, 7) is 3.82. The van der Waals surface area contributed by atoms with Crippen molar-refractivity contribution in [1.29, 1.82) is 0 Å². The second-order valence-corrected chi connectivity index (χ2v) is 8.31. The van der Waals surface area contributed by atoms with E-state index in [1.807, 2.05) is 6.92 Å². The number of benzene rings is 2. The fourth-order valence-corrected chi connectivity index (χ4v) is 4.77. The summed E-state index contributed by atoms with van der Waals surface area (Å²) in [5, 5.41) is 1.17. The number of esters is 1. The SMILES string of the molecule is CCOC(=O)/C=C(\CC)c1cc2cc(Cl)ccc2n1S(=O)(=O)c1ccccc1. The number of hydrogen-bond acceptors (Lipinski definition) is 4. The fourth-order valence-electron chi connectivity index (χ4n) is 3.02. The standard InChI is InChI=1S/C21H20ClNO4S/c1-3-15(14-21(24)27-4-2)20-13-16-12-17(22)10-11-19(16)23(20)28(25,26)18-8-6-5-7-9-18/h5-14H,3-4H2,1-2H3/b15-14+. The summed E-state index contributed by atoms with van der Waals surface area (Å²) in [5.74, 6) is -0.508. The minimum Gasteiger partial charge on any atom is -0.463 e. The van der Waals surface area contributed by atoms with Gasteiger partial charge in [-0.25, -0.2) is 17.2 Å². The van der Waals surface area contributed by atoms with Gasteiger partial charge in [-0.15, -0.1) is 0 Å². The monoisotopic (exact) mass is 417 g/mol. The molecule has 0 saturated heterocycles. The van der Waals surface area contributed by atoms with Gasteiger partial charge < -0.3 is 4.74 Å². The Labute approximate surface area is 169 Å². The molecule has 2 aromatic carbocycles. The highest BCUT2D eigenvalue weighted by Crippen LogP contribution is 2.32. The van der Waals surface area contributed by atoms with Gasteiger partial charge in [-0.2, -0.15) is 0 Å². The van der Waals surface area contributed by atoms with E-state index in [2.05, 4.69) is 0 Å². The molecule has 0 amide bonds. The molecule has 0 fully saturated rings. The predicted octanol–water partition coefficient (Wildman–Crippen LogP) is 4.89. The quantitative estimate of drug-likeness (QED) is 0.423. The molecule has 0 saturated carbocycles. The van der Waals surface area contributed by atoms with Crippen LogP contribution in [0.4, 0.5) is 0 Å². The largest absolute Gasteiger partial charge is 0.463 e. The van der Waals surface area contributed by atoms with Crippen molar-refractivity contribution in [2.75, 3.05) is 6.61 Å². The van der Waals surface area contributed by atoms with E-state index in [9.17, 15) is 13.2 Å². The maximum atomic E-state index is 13.4. The van der Waals surface area contributed by atoms with Crippen molar-refractivity contribution in [3.05, 3.63) is 71.4 Å². The number of nitrogens with zero attached hydrogens (tertiary/aromatic N) is 1. The van der Waals surface area contributed by atoms with Crippen LogP contribution in [0.5, 0.6) is 0 Å². The van der Waals surface area contributed by atoms with Gasteiger partial charge in [0.05, 0.1) is 22.7 Å². The highest BCUT2D eigenvalue weighted by molar-refractivity contribution is 7.90. The van der Waals surface area contributed by atoms with E-state index in [0.717, 1.165) is 0 Å². The van der Waals surface area contributed by atoms with Crippen molar-refractivity contribution in [2.45, 2.75) is 25.2 Å². The molecular formula is C21H20ClNO4S. The molecule has 3 aromatic rings. The zero-order valence-electron chi connectivity index (χ0n) is 15.6. The molecule has 0 atom stereocenters. The van der Waals surface area contributed by atoms with Gasteiger partial charge in [0.2, 0.25) is 0 Å². The molecule has 1 aromatic heterocycles. The maximum Gasteiger partial charge on any atom is 0.331 e. The summed E-state index contributed by atoms with van der Waals surface area (Å²) in [5.41, 5.74) is 1.47. The number of fused-ring (bicyclic) bond motifs is 1. The van der Waals surface area contributed by atoms with Crippen LogP contribution >= 0.6 is 11.6 Å². The smallest absolute Gasteiger partial charge is 0.331 e. The van der Waals surface area contributed by atoms with E-state index in [1.165, 1.54) is 10.0 Å². The first kappa shape index (κ1) is 20.2. The van der Waals surface area contributed by atoms with Crippen molar-refractivity contribution in [3.63, 3.8) is 0 Å². The summed E-state index contributed by atoms with van der Waals surface area (Å²) >= 11 is 6.10. The van der Waals surface area contributed by atoms with Gasteiger partial charge in [0.25, 0.3) is 10.0 Å². The number of rotatable bonds is 6. The van der Waals surface area contributed by atoms with E-state index in [-0.39, 0.29) is 11.5 Å². The number of halogens is 1. The van der Waals surface area contributed by atoms with Crippen molar-refractivity contribution < 1.29 is 17.9 Å². The van der Waals surface area contributed by atoms with Crippen LogP contribution in [0.15, 0.2) is 65.6 Å². The maximum absolute atomic E-state index is 13.4. The van der Waals surface area contributed by atoms with Gasteiger partial charge in [-0.3, -0.25) is 0 Å². The molecule has 0 aliphatic heterocycles. The van der Waals surface area contributed by atoms with Gasteiger partial charge in [-0.05, 0) is 55.3 Å². The van der Waals surface area contributed by atoms with Crippen LogP contribution in [0.25, 0.3) is 16.5 Å². The Hall–Kier alpha value is -2.57. The molecule has 0 radical (unpaired) electrons. The van der Waals surface area contributed by atoms with Crippen molar-refractivity contribution in [1.82, 2.24) is 3.97 Å². The lowest BCUT2D eigenvalue weighted by atomic mass is 10.1. The average molecular weight is 418 g/mol. The highest BCUT2D eigenvalue weighted by atomic mass is 35.5. The number of allylic oxidation sites excluding steroid dienone is 1. The average Bonchev–Trinajstić information content (AvgIpc) is 3.06. The topological polar surface area (TPSA) is 65.4 Å². The van der Waals surface area contributed by atoms with Crippen LogP contribution in [0.3, 0.4) is 0 Å². The Morgan fingerprint density at radius 3 is 2.46 bits per heavy atom. The molecule has 0 aliphatic rings. The molecule has 0 N–H and O–H groups in total. The number of ether oxygens (including phenoxy) is 1. The highest BCUT2D eigenvalue weighted by Gasteiger charge is 2.24. The van der Waals surface area contributed by atoms with Gasteiger partial charge >= 0.3 is 5.97 Å². The zero-order valence-corrected chi connectivity index (χ0v) is 17.1. The number of carbonyl (C=O) groups is 1. The van der Waals surface area contributed by atoms with Crippen LogP contribution < -0.4 is 0 Å². The van der Waals surface area contributed by atoms with Gasteiger partial charge in [0, 0.05) is 16.5 Å². The van der Waals surface area contributed by atoms with E-state index in [4.69, 9.17) is 16.3 Å². The van der Waals surface area contributed by atoms with Crippen molar-refractivity contribution in [3.8, 4) is 0 Å². The zero-order chi connectivity index (χ0) is 20.3. The van der Waals surface area contributed by atoms with Crippen LogP contribution in [-0.4, -0.2) is 25.0 Å². The van der Waals surface area contributed by atoms with Crippen LogP contribution in [0.1, 0.15) is 26.0 Å². The second-order valence-electron chi connectivity index (χ2n) is 6.09. The Morgan fingerprint density at radius 1 is 1.11 bits per heavy atom. The molecule has 1 heterocycles. The molecular weight excluding hydrogens is 398 g/mol. The third-order valence-corrected chi connectivity index (χ3v) is 6.27. The first-order chi connectivity index (χ1) is 13.4. The Balaban J connectivity index is 2.32. The third kappa shape index (κ3) is 3.84. The van der Waals surface area contributed by atoms with Gasteiger partial charge in [-0.1, -0.05) is 36.7 Å². The van der Waals surface area contributed by atoms with Gasteiger partial charge in [0.15, 0.2) is 0 Å². The minimum atomic E-state index is -3.89. The molecule has 0 bridgehead atoms. The van der Waals surface area contributed by atoms with E-state index in [0.29, 0.717) is 33.6 Å². The lowest BCUT2D eigenvalue weighted by Gasteiger charge is -2.13. The first-order valence-electron chi connectivity index (χ1n) is 8.87.